The van der Waals surface area contributed by atoms with E-state index < -0.39 is 84.9 Å². The molecule has 0 fully saturated rings. The Morgan fingerprint density at radius 1 is 0.703 bits per heavy atom. The first-order valence-electron chi connectivity index (χ1n) is 10.6. The number of aromatic hydroxyl groups is 1. The van der Waals surface area contributed by atoms with Gasteiger partial charge in [-0.1, -0.05) is 12.1 Å². The van der Waals surface area contributed by atoms with Crippen LogP contribution in [0.15, 0.2) is 24.3 Å². The molecular weight excluding hydrogens is 496 g/mol. The van der Waals surface area contributed by atoms with E-state index in [0.29, 0.717) is 5.56 Å². The van der Waals surface area contributed by atoms with E-state index in [-0.39, 0.29) is 12.2 Å². The topological polar surface area (TPSA) is 294 Å². The number of aliphatic carboxylic acids is 2. The van der Waals surface area contributed by atoms with Crippen LogP contribution in [0.5, 0.6) is 5.75 Å². The maximum atomic E-state index is 13.0. The molecule has 16 heteroatoms. The third-order valence-corrected chi connectivity index (χ3v) is 4.80. The van der Waals surface area contributed by atoms with Gasteiger partial charge in [0.15, 0.2) is 0 Å². The highest BCUT2D eigenvalue weighted by molar-refractivity contribution is 5.97. The Hall–Kier alpha value is -4.73. The molecule has 12 N–H and O–H groups in total. The van der Waals surface area contributed by atoms with E-state index in [9.17, 15) is 38.7 Å². The summed E-state index contributed by atoms with van der Waals surface area (Å²) in [5, 5.41) is 33.8. The fraction of sp³-hybridized carbons (Fsp3) is 0.381. The maximum absolute atomic E-state index is 13.0. The lowest BCUT2D eigenvalue weighted by Crippen LogP contribution is -2.58. The number of benzene rings is 1. The summed E-state index contributed by atoms with van der Waals surface area (Å²) in [6.45, 7) is 0. The minimum Gasteiger partial charge on any atom is -0.508 e. The second kappa shape index (κ2) is 14.0. The van der Waals surface area contributed by atoms with Gasteiger partial charge >= 0.3 is 11.9 Å². The second-order valence-corrected chi connectivity index (χ2v) is 7.94. The van der Waals surface area contributed by atoms with Crippen LogP contribution in [0.2, 0.25) is 0 Å². The first-order valence-corrected chi connectivity index (χ1v) is 10.6. The van der Waals surface area contributed by atoms with Crippen molar-refractivity contribution in [1.82, 2.24) is 16.0 Å². The van der Waals surface area contributed by atoms with E-state index in [1.54, 1.807) is 0 Å². The van der Waals surface area contributed by atoms with Crippen molar-refractivity contribution in [2.75, 3.05) is 0 Å². The standard InChI is InChI=1S/C21H28N6O10/c22-11(6-15(23)29)18(33)25-12(5-9-1-3-10(28)4-2-9)19(34)26-13(7-16(24)30)20(35)27-14(21(36)37)8-17(31)32/h1-4,11-14,28H,5-8,22H2,(H2,23,29)(H2,24,30)(H,25,33)(H,26,34)(H,27,35)(H,31,32)(H,36,37). The number of carboxylic acids is 2. The molecule has 4 unspecified atom stereocenters. The molecule has 0 heterocycles. The largest absolute Gasteiger partial charge is 0.508 e. The van der Waals surface area contributed by atoms with Crippen LogP contribution in [0.3, 0.4) is 0 Å². The van der Waals surface area contributed by atoms with Crippen LogP contribution in [0.4, 0.5) is 0 Å². The van der Waals surface area contributed by atoms with E-state index in [0.717, 1.165) is 0 Å². The van der Waals surface area contributed by atoms with Crippen LogP contribution < -0.4 is 33.2 Å². The summed E-state index contributed by atoms with van der Waals surface area (Å²) in [4.78, 5) is 82.8. The molecule has 202 valence electrons. The van der Waals surface area contributed by atoms with Gasteiger partial charge in [0.25, 0.3) is 0 Å². The van der Waals surface area contributed by atoms with Gasteiger partial charge in [0.05, 0.1) is 25.3 Å². The van der Waals surface area contributed by atoms with E-state index in [2.05, 4.69) is 10.6 Å². The smallest absolute Gasteiger partial charge is 0.326 e. The van der Waals surface area contributed by atoms with Crippen LogP contribution in [0.25, 0.3) is 0 Å². The van der Waals surface area contributed by atoms with Crippen molar-refractivity contribution >= 4 is 41.5 Å². The van der Waals surface area contributed by atoms with Crippen LogP contribution >= 0.6 is 0 Å². The molecule has 4 atom stereocenters. The molecule has 0 spiro atoms. The van der Waals surface area contributed by atoms with Crippen LogP contribution in [-0.4, -0.2) is 81.0 Å². The molecule has 0 aliphatic rings. The van der Waals surface area contributed by atoms with Crippen molar-refractivity contribution in [3.63, 3.8) is 0 Å². The molecule has 0 saturated heterocycles. The molecular formula is C21H28N6O10. The molecule has 1 aromatic carbocycles. The highest BCUT2D eigenvalue weighted by Crippen LogP contribution is 2.12. The lowest BCUT2D eigenvalue weighted by molar-refractivity contribution is -0.147. The number of phenolic OH excluding ortho intramolecular Hbond substituents is 1. The highest BCUT2D eigenvalue weighted by atomic mass is 16.4. The number of carboxylic acid groups (broad SMARTS) is 2. The monoisotopic (exact) mass is 524 g/mol. The first-order chi connectivity index (χ1) is 17.2. The maximum Gasteiger partial charge on any atom is 0.326 e. The highest BCUT2D eigenvalue weighted by Gasteiger charge is 2.32. The summed E-state index contributed by atoms with van der Waals surface area (Å²) in [7, 11) is 0. The lowest BCUT2D eigenvalue weighted by Gasteiger charge is -2.24. The average Bonchev–Trinajstić information content (AvgIpc) is 2.77. The fourth-order valence-corrected chi connectivity index (χ4v) is 2.99. The van der Waals surface area contributed by atoms with Gasteiger partial charge in [0.1, 0.15) is 23.9 Å². The van der Waals surface area contributed by atoms with Gasteiger partial charge in [-0.25, -0.2) is 4.79 Å². The quantitative estimate of drug-likeness (QED) is 0.107. The third-order valence-electron chi connectivity index (χ3n) is 4.80. The molecule has 37 heavy (non-hydrogen) atoms. The molecule has 0 aromatic heterocycles. The second-order valence-electron chi connectivity index (χ2n) is 7.94. The summed E-state index contributed by atoms with van der Waals surface area (Å²) in [5.41, 5.74) is 16.2. The number of nitrogens with one attached hydrogen (secondary N) is 3. The molecule has 1 rings (SSSR count). The van der Waals surface area contributed by atoms with Gasteiger partial charge in [-0.2, -0.15) is 0 Å². The summed E-state index contributed by atoms with van der Waals surface area (Å²) < 4.78 is 0. The third kappa shape index (κ3) is 11.0. The predicted octanol–water partition coefficient (Wildman–Crippen LogP) is -3.97. The molecule has 0 aliphatic carbocycles. The van der Waals surface area contributed by atoms with Crippen molar-refractivity contribution in [3.05, 3.63) is 29.8 Å². The van der Waals surface area contributed by atoms with Crippen molar-refractivity contribution in [2.24, 2.45) is 17.2 Å². The Balaban J connectivity index is 3.16. The normalized spacial score (nSPS) is 13.8. The van der Waals surface area contributed by atoms with Gasteiger partial charge in [0, 0.05) is 6.42 Å². The Labute approximate surface area is 209 Å². The van der Waals surface area contributed by atoms with Crippen LogP contribution in [0, 0.1) is 0 Å². The van der Waals surface area contributed by atoms with E-state index in [1.165, 1.54) is 24.3 Å². The zero-order valence-electron chi connectivity index (χ0n) is 19.4. The molecule has 1 aromatic rings. The van der Waals surface area contributed by atoms with Gasteiger partial charge in [-0.05, 0) is 17.7 Å². The van der Waals surface area contributed by atoms with Crippen molar-refractivity contribution in [3.8, 4) is 5.75 Å². The number of carbonyl (C=O) groups excluding carboxylic acids is 5. The van der Waals surface area contributed by atoms with Crippen molar-refractivity contribution in [2.45, 2.75) is 49.9 Å². The minimum absolute atomic E-state index is 0.0789. The zero-order chi connectivity index (χ0) is 28.3. The SMILES string of the molecule is NC(=O)CC(N)C(=O)NC(Cc1ccc(O)cc1)C(=O)NC(CC(N)=O)C(=O)NC(CC(=O)O)C(=O)O. The summed E-state index contributed by atoms with van der Waals surface area (Å²) in [6.07, 6.45) is -2.53. The first kappa shape index (κ1) is 30.3. The number of nitrogens with two attached hydrogens (primary N) is 3. The van der Waals surface area contributed by atoms with Crippen molar-refractivity contribution < 1.29 is 48.9 Å². The predicted molar refractivity (Wildman–Crippen MR) is 123 cm³/mol. The molecule has 5 amide bonds. The molecule has 0 bridgehead atoms. The minimum atomic E-state index is -1.88. The number of phenols is 1. The number of carbonyl (C=O) groups is 7. The lowest BCUT2D eigenvalue weighted by atomic mass is 10.0. The Bertz CT molecular complexity index is 1040. The van der Waals surface area contributed by atoms with E-state index in [1.807, 2.05) is 5.32 Å². The number of amides is 5. The van der Waals surface area contributed by atoms with E-state index in [4.69, 9.17) is 27.4 Å². The van der Waals surface area contributed by atoms with Gasteiger partial charge < -0.3 is 48.5 Å². The number of hydrogen-bond acceptors (Lipinski definition) is 9. The van der Waals surface area contributed by atoms with E-state index >= 15 is 0 Å². The number of primary amides is 2. The Morgan fingerprint density at radius 2 is 1.19 bits per heavy atom. The van der Waals surface area contributed by atoms with Gasteiger partial charge in [-0.15, -0.1) is 0 Å². The summed E-state index contributed by atoms with van der Waals surface area (Å²) in [5.74, 6) is -8.43. The molecule has 0 radical (unpaired) electrons. The van der Waals surface area contributed by atoms with Gasteiger partial charge in [-0.3, -0.25) is 28.8 Å². The average molecular weight is 524 g/mol. The summed E-state index contributed by atoms with van der Waals surface area (Å²) in [6, 6.07) is -0.982. The van der Waals surface area contributed by atoms with Gasteiger partial charge in [0.2, 0.25) is 29.5 Å². The number of hydrogen-bond donors (Lipinski definition) is 9. The number of rotatable bonds is 15. The zero-order valence-corrected chi connectivity index (χ0v) is 19.4. The Morgan fingerprint density at radius 3 is 1.68 bits per heavy atom. The van der Waals surface area contributed by atoms with Crippen LogP contribution in [0.1, 0.15) is 24.8 Å². The molecule has 0 aliphatic heterocycles. The molecule has 16 nitrogen and oxygen atoms in total. The Kier molecular flexibility index (Phi) is 11.4. The van der Waals surface area contributed by atoms with Crippen LogP contribution in [-0.2, 0) is 40.0 Å². The summed E-state index contributed by atoms with van der Waals surface area (Å²) >= 11 is 0. The van der Waals surface area contributed by atoms with Crippen molar-refractivity contribution in [1.29, 1.82) is 0 Å². The fourth-order valence-electron chi connectivity index (χ4n) is 2.99. The molecule has 0 saturated carbocycles.